The molecule has 1 rings (SSSR count). The van der Waals surface area contributed by atoms with Crippen LogP contribution in [0.3, 0.4) is 0 Å². The van der Waals surface area contributed by atoms with Crippen LogP contribution in [0.1, 0.15) is 12.8 Å². The quantitative estimate of drug-likeness (QED) is 0.388. The summed E-state index contributed by atoms with van der Waals surface area (Å²) in [7, 11) is 0. The number of carbonyl (C=O) groups excluding carboxylic acids is 1. The van der Waals surface area contributed by atoms with Gasteiger partial charge in [-0.05, 0) is 31.2 Å². The van der Waals surface area contributed by atoms with Crippen molar-refractivity contribution in [2.45, 2.75) is 12.8 Å². The van der Waals surface area contributed by atoms with E-state index in [1.807, 2.05) is 30.4 Å². The molecule has 1 heterocycles. The van der Waals surface area contributed by atoms with Crippen molar-refractivity contribution >= 4 is 6.29 Å². The number of hydrogen-bond donors (Lipinski definition) is 0. The van der Waals surface area contributed by atoms with Crippen molar-refractivity contribution < 1.29 is 4.79 Å². The van der Waals surface area contributed by atoms with Gasteiger partial charge in [0.1, 0.15) is 6.29 Å². The van der Waals surface area contributed by atoms with Crippen LogP contribution >= 0.6 is 0 Å². The maximum atomic E-state index is 9.93. The molecule has 0 bridgehead atoms. The molecule has 15 heavy (non-hydrogen) atoms. The average Bonchev–Trinajstić information content (AvgIpc) is 2.75. The Morgan fingerprint density at radius 2 is 1.27 bits per heavy atom. The molecule has 0 amide bonds. The Labute approximate surface area is 91.3 Å². The van der Waals surface area contributed by atoms with Gasteiger partial charge in [-0.15, -0.1) is 0 Å². The Morgan fingerprint density at radius 1 is 0.733 bits per heavy atom. The van der Waals surface area contributed by atoms with Crippen LogP contribution in [0.2, 0.25) is 0 Å². The summed E-state index contributed by atoms with van der Waals surface area (Å²) in [6.07, 6.45) is 18.4. The van der Waals surface area contributed by atoms with Crippen molar-refractivity contribution in [3.05, 3.63) is 48.7 Å². The Kier molecular flexibility index (Phi) is 5.98. The van der Waals surface area contributed by atoms with Gasteiger partial charge in [-0.25, -0.2) is 0 Å². The van der Waals surface area contributed by atoms with Crippen molar-refractivity contribution in [1.82, 2.24) is 4.90 Å². The van der Waals surface area contributed by atoms with Crippen molar-refractivity contribution in [1.29, 1.82) is 0 Å². The lowest BCUT2D eigenvalue weighted by molar-refractivity contribution is -0.104. The van der Waals surface area contributed by atoms with Gasteiger partial charge in [-0.2, -0.15) is 0 Å². The molecule has 80 valence electrons. The highest BCUT2D eigenvalue weighted by Gasteiger charge is 2.04. The van der Waals surface area contributed by atoms with Gasteiger partial charge >= 0.3 is 0 Å². The molecule has 1 fully saturated rings. The van der Waals surface area contributed by atoms with Gasteiger partial charge in [0.15, 0.2) is 0 Å². The van der Waals surface area contributed by atoms with Gasteiger partial charge in [0.25, 0.3) is 0 Å². The molecule has 1 saturated heterocycles. The zero-order chi connectivity index (χ0) is 10.8. The lowest BCUT2D eigenvalue weighted by Gasteiger charge is -2.08. The van der Waals surface area contributed by atoms with E-state index in [9.17, 15) is 4.79 Å². The fraction of sp³-hybridized carbons (Fsp3) is 0.308. The third-order valence-corrected chi connectivity index (χ3v) is 2.18. The second-order valence-corrected chi connectivity index (χ2v) is 3.38. The number of likely N-dealkylation sites (tertiary alicyclic amines) is 1. The maximum Gasteiger partial charge on any atom is 0.142 e. The zero-order valence-corrected chi connectivity index (χ0v) is 8.88. The molecule has 0 aromatic rings. The standard InChI is InChI=1S/C13H17NO/c15-13-9-5-3-1-2-4-6-10-14-11-7-8-12-14/h1-6,9-10,13H,7-8,11-12H2/b3-1+,4-2+,9-5+,10-6+. The Balaban J connectivity index is 2.17. The van der Waals surface area contributed by atoms with E-state index in [-0.39, 0.29) is 0 Å². The van der Waals surface area contributed by atoms with E-state index in [1.165, 1.54) is 32.0 Å². The Bertz CT molecular complexity index is 281. The number of allylic oxidation sites excluding steroid dienone is 7. The van der Waals surface area contributed by atoms with Gasteiger partial charge < -0.3 is 4.90 Å². The third-order valence-electron chi connectivity index (χ3n) is 2.18. The summed E-state index contributed by atoms with van der Waals surface area (Å²) in [6.45, 7) is 2.37. The lowest BCUT2D eigenvalue weighted by Crippen LogP contribution is -2.09. The van der Waals surface area contributed by atoms with Crippen LogP contribution in [0.4, 0.5) is 0 Å². The van der Waals surface area contributed by atoms with Crippen LogP contribution in [0.25, 0.3) is 0 Å². The fourth-order valence-electron chi connectivity index (χ4n) is 1.43. The van der Waals surface area contributed by atoms with Gasteiger partial charge in [0, 0.05) is 13.1 Å². The minimum atomic E-state index is 0.765. The highest BCUT2D eigenvalue weighted by molar-refractivity contribution is 5.65. The summed E-state index contributed by atoms with van der Waals surface area (Å²) in [6, 6.07) is 0. The molecule has 0 aromatic heterocycles. The van der Waals surface area contributed by atoms with Crippen LogP contribution < -0.4 is 0 Å². The van der Waals surface area contributed by atoms with Crippen LogP contribution in [-0.4, -0.2) is 24.3 Å². The maximum absolute atomic E-state index is 9.93. The molecule has 1 aliphatic heterocycles. The first-order valence-corrected chi connectivity index (χ1v) is 5.29. The van der Waals surface area contributed by atoms with E-state index in [0.717, 1.165) is 6.29 Å². The number of nitrogens with zero attached hydrogens (tertiary/aromatic N) is 1. The zero-order valence-electron chi connectivity index (χ0n) is 8.88. The number of carbonyl (C=O) groups is 1. The first-order chi connectivity index (χ1) is 7.43. The first-order valence-electron chi connectivity index (χ1n) is 5.29. The van der Waals surface area contributed by atoms with Gasteiger partial charge in [0.2, 0.25) is 0 Å². The largest absolute Gasteiger partial charge is 0.377 e. The van der Waals surface area contributed by atoms with E-state index in [1.54, 1.807) is 6.08 Å². The van der Waals surface area contributed by atoms with Crippen molar-refractivity contribution in [3.63, 3.8) is 0 Å². The molecule has 0 aromatic carbocycles. The molecule has 0 unspecified atom stereocenters. The Hall–Kier alpha value is -1.57. The molecule has 0 N–H and O–H groups in total. The highest BCUT2D eigenvalue weighted by atomic mass is 16.1. The van der Waals surface area contributed by atoms with E-state index in [4.69, 9.17) is 0 Å². The molecule has 0 saturated carbocycles. The Morgan fingerprint density at radius 3 is 1.87 bits per heavy atom. The molecular weight excluding hydrogens is 186 g/mol. The summed E-state index contributed by atoms with van der Waals surface area (Å²) >= 11 is 0. The van der Waals surface area contributed by atoms with Crippen LogP contribution in [0.5, 0.6) is 0 Å². The molecule has 0 radical (unpaired) electrons. The summed E-state index contributed by atoms with van der Waals surface area (Å²) in [5, 5.41) is 0. The monoisotopic (exact) mass is 203 g/mol. The molecule has 2 heteroatoms. The SMILES string of the molecule is O=C/C=C/C=C/C=C/C=C/N1CCCC1. The van der Waals surface area contributed by atoms with Crippen LogP contribution in [0, 0.1) is 0 Å². The molecule has 0 atom stereocenters. The number of rotatable bonds is 5. The molecule has 0 aliphatic carbocycles. The van der Waals surface area contributed by atoms with Crippen LogP contribution in [-0.2, 0) is 4.79 Å². The highest BCUT2D eigenvalue weighted by Crippen LogP contribution is 2.06. The van der Waals surface area contributed by atoms with Crippen molar-refractivity contribution in [2.75, 3.05) is 13.1 Å². The number of hydrogen-bond acceptors (Lipinski definition) is 2. The molecule has 1 aliphatic rings. The fourth-order valence-corrected chi connectivity index (χ4v) is 1.43. The normalized spacial score (nSPS) is 18.0. The second kappa shape index (κ2) is 7.80. The summed E-state index contributed by atoms with van der Waals surface area (Å²) < 4.78 is 0. The average molecular weight is 203 g/mol. The first kappa shape index (κ1) is 11.5. The minimum Gasteiger partial charge on any atom is -0.377 e. The van der Waals surface area contributed by atoms with Crippen LogP contribution in [0.15, 0.2) is 48.7 Å². The predicted octanol–water partition coefficient (Wildman–Crippen LogP) is 2.46. The second-order valence-electron chi connectivity index (χ2n) is 3.38. The van der Waals surface area contributed by atoms with Gasteiger partial charge in [-0.1, -0.05) is 30.4 Å². The summed E-state index contributed by atoms with van der Waals surface area (Å²) in [5.74, 6) is 0. The van der Waals surface area contributed by atoms with E-state index in [2.05, 4.69) is 11.1 Å². The minimum absolute atomic E-state index is 0.765. The van der Waals surface area contributed by atoms with E-state index in [0.29, 0.717) is 0 Å². The van der Waals surface area contributed by atoms with Gasteiger partial charge in [-0.3, -0.25) is 4.79 Å². The number of aldehydes is 1. The third kappa shape index (κ3) is 5.68. The topological polar surface area (TPSA) is 20.3 Å². The molecule has 0 spiro atoms. The molecule has 2 nitrogen and oxygen atoms in total. The smallest absolute Gasteiger partial charge is 0.142 e. The molecular formula is C13H17NO. The van der Waals surface area contributed by atoms with E-state index >= 15 is 0 Å². The summed E-state index contributed by atoms with van der Waals surface area (Å²) in [5.41, 5.74) is 0. The van der Waals surface area contributed by atoms with E-state index < -0.39 is 0 Å². The van der Waals surface area contributed by atoms with Gasteiger partial charge in [0.05, 0.1) is 0 Å². The lowest BCUT2D eigenvalue weighted by atomic mass is 10.4. The summed E-state index contributed by atoms with van der Waals surface area (Å²) in [4.78, 5) is 12.3. The van der Waals surface area contributed by atoms with Crippen molar-refractivity contribution in [2.24, 2.45) is 0 Å². The van der Waals surface area contributed by atoms with Crippen molar-refractivity contribution in [3.8, 4) is 0 Å². The predicted molar refractivity (Wildman–Crippen MR) is 63.4 cm³/mol.